The standard InChI is InChI=1S/C18H16ClFO5S/c1-12-3-6-15(7-4-12)26(21,22)24-11-14-10-23-18(2,25-14)16-8-5-13(19)9-17(16)20/h3-10H,11H2,1-2H3. The summed E-state index contributed by atoms with van der Waals surface area (Å²) in [5.74, 6) is -1.90. The average molecular weight is 399 g/mol. The average Bonchev–Trinajstić information content (AvgIpc) is 2.96. The molecule has 8 heteroatoms. The molecule has 0 radical (unpaired) electrons. The Labute approximate surface area is 156 Å². The molecule has 0 amide bonds. The Morgan fingerprint density at radius 1 is 1.19 bits per heavy atom. The van der Waals surface area contributed by atoms with Crippen molar-refractivity contribution < 1.29 is 26.5 Å². The smallest absolute Gasteiger partial charge is 0.297 e. The lowest BCUT2D eigenvalue weighted by Gasteiger charge is -2.25. The molecule has 2 aromatic rings. The number of rotatable bonds is 5. The molecule has 3 rings (SSSR count). The van der Waals surface area contributed by atoms with E-state index in [9.17, 15) is 12.8 Å². The van der Waals surface area contributed by atoms with Gasteiger partial charge in [-0.15, -0.1) is 0 Å². The minimum absolute atomic E-state index is 0.0362. The maximum Gasteiger partial charge on any atom is 0.297 e. The van der Waals surface area contributed by atoms with E-state index in [4.69, 9.17) is 25.3 Å². The molecule has 0 saturated heterocycles. The van der Waals surface area contributed by atoms with Gasteiger partial charge in [-0.25, -0.2) is 4.39 Å². The number of hydrogen-bond acceptors (Lipinski definition) is 5. The SMILES string of the molecule is Cc1ccc(S(=O)(=O)OCC2=COC(C)(c3ccc(Cl)cc3F)O2)cc1. The van der Waals surface area contributed by atoms with Crippen LogP contribution in [-0.4, -0.2) is 15.0 Å². The van der Waals surface area contributed by atoms with E-state index in [2.05, 4.69) is 0 Å². The predicted octanol–water partition coefficient (Wildman–Crippen LogP) is 4.25. The fourth-order valence-electron chi connectivity index (χ4n) is 2.42. The van der Waals surface area contributed by atoms with Gasteiger partial charge < -0.3 is 9.47 Å². The van der Waals surface area contributed by atoms with Crippen LogP contribution in [0.4, 0.5) is 4.39 Å². The van der Waals surface area contributed by atoms with Gasteiger partial charge >= 0.3 is 0 Å². The normalized spacial score (nSPS) is 19.6. The summed E-state index contributed by atoms with van der Waals surface area (Å²) in [6, 6.07) is 10.4. The molecule has 1 unspecified atom stereocenters. The van der Waals surface area contributed by atoms with E-state index in [0.717, 1.165) is 11.6 Å². The van der Waals surface area contributed by atoms with Crippen molar-refractivity contribution in [3.63, 3.8) is 0 Å². The van der Waals surface area contributed by atoms with E-state index in [1.165, 1.54) is 37.5 Å². The molecule has 0 aliphatic carbocycles. The monoisotopic (exact) mass is 398 g/mol. The van der Waals surface area contributed by atoms with Crippen LogP contribution in [0.15, 0.2) is 59.4 Å². The fourth-order valence-corrected chi connectivity index (χ4v) is 3.46. The maximum atomic E-state index is 14.1. The van der Waals surface area contributed by atoms with E-state index in [1.54, 1.807) is 12.1 Å². The van der Waals surface area contributed by atoms with Gasteiger partial charge in [-0.3, -0.25) is 4.18 Å². The number of halogens is 2. The largest absolute Gasteiger partial charge is 0.452 e. The predicted molar refractivity (Wildman–Crippen MR) is 93.3 cm³/mol. The minimum Gasteiger partial charge on any atom is -0.452 e. The Morgan fingerprint density at radius 2 is 1.88 bits per heavy atom. The molecule has 2 aromatic carbocycles. The summed E-state index contributed by atoms with van der Waals surface area (Å²) in [7, 11) is -3.95. The van der Waals surface area contributed by atoms with Crippen molar-refractivity contribution in [2.45, 2.75) is 24.5 Å². The van der Waals surface area contributed by atoms with E-state index in [1.807, 2.05) is 6.92 Å². The van der Waals surface area contributed by atoms with Crippen molar-refractivity contribution in [3.05, 3.63) is 76.5 Å². The molecule has 138 valence electrons. The number of hydrogen-bond donors (Lipinski definition) is 0. The zero-order chi connectivity index (χ0) is 18.9. The van der Waals surface area contributed by atoms with Crippen LogP contribution < -0.4 is 0 Å². The molecule has 0 spiro atoms. The second-order valence-electron chi connectivity index (χ2n) is 5.90. The van der Waals surface area contributed by atoms with Gasteiger partial charge in [0.15, 0.2) is 5.76 Å². The lowest BCUT2D eigenvalue weighted by atomic mass is 10.1. The van der Waals surface area contributed by atoms with Crippen molar-refractivity contribution in [3.8, 4) is 0 Å². The second-order valence-corrected chi connectivity index (χ2v) is 7.96. The van der Waals surface area contributed by atoms with Gasteiger partial charge in [-0.05, 0) is 37.3 Å². The first-order valence-corrected chi connectivity index (χ1v) is 9.46. The van der Waals surface area contributed by atoms with Crippen LogP contribution in [0.3, 0.4) is 0 Å². The molecule has 0 saturated carbocycles. The summed E-state index contributed by atoms with van der Waals surface area (Å²) in [6.07, 6.45) is 1.21. The van der Waals surface area contributed by atoms with Crippen molar-refractivity contribution in [2.75, 3.05) is 6.61 Å². The molecule has 0 fully saturated rings. The van der Waals surface area contributed by atoms with E-state index in [-0.39, 0.29) is 27.8 Å². The molecule has 0 bridgehead atoms. The lowest BCUT2D eigenvalue weighted by Crippen LogP contribution is -2.25. The zero-order valence-corrected chi connectivity index (χ0v) is 15.6. The quantitative estimate of drug-likeness (QED) is 0.704. The molecule has 0 aromatic heterocycles. The van der Waals surface area contributed by atoms with Gasteiger partial charge in [0.05, 0.1) is 10.5 Å². The summed E-state index contributed by atoms with van der Waals surface area (Å²) >= 11 is 5.74. The zero-order valence-electron chi connectivity index (χ0n) is 14.0. The van der Waals surface area contributed by atoms with Crippen molar-refractivity contribution >= 4 is 21.7 Å². The molecular formula is C18H16ClFO5S. The Balaban J connectivity index is 1.68. The van der Waals surface area contributed by atoms with Crippen LogP contribution in [0.25, 0.3) is 0 Å². The summed E-state index contributed by atoms with van der Waals surface area (Å²) in [4.78, 5) is 0.0362. The van der Waals surface area contributed by atoms with Gasteiger partial charge in [0.1, 0.15) is 18.7 Å². The minimum atomic E-state index is -3.95. The highest BCUT2D eigenvalue weighted by Gasteiger charge is 2.38. The third-order valence-electron chi connectivity index (χ3n) is 3.83. The first kappa shape index (κ1) is 18.7. The van der Waals surface area contributed by atoms with Gasteiger partial charge in [-0.2, -0.15) is 8.42 Å². The highest BCUT2D eigenvalue weighted by molar-refractivity contribution is 7.86. The number of ether oxygens (including phenoxy) is 2. The first-order chi connectivity index (χ1) is 12.2. The summed E-state index contributed by atoms with van der Waals surface area (Å²) in [5.41, 5.74) is 1.06. The van der Waals surface area contributed by atoms with Crippen LogP contribution in [-0.2, 0) is 29.6 Å². The third kappa shape index (κ3) is 3.85. The van der Waals surface area contributed by atoms with Crippen molar-refractivity contribution in [2.24, 2.45) is 0 Å². The molecule has 26 heavy (non-hydrogen) atoms. The Morgan fingerprint density at radius 3 is 2.54 bits per heavy atom. The van der Waals surface area contributed by atoms with Gasteiger partial charge in [0, 0.05) is 11.9 Å². The third-order valence-corrected chi connectivity index (χ3v) is 5.34. The van der Waals surface area contributed by atoms with Crippen LogP contribution in [0.5, 0.6) is 0 Å². The van der Waals surface area contributed by atoms with Gasteiger partial charge in [0.25, 0.3) is 15.9 Å². The topological polar surface area (TPSA) is 61.8 Å². The highest BCUT2D eigenvalue weighted by Crippen LogP contribution is 2.37. The molecule has 0 N–H and O–H groups in total. The van der Waals surface area contributed by atoms with Crippen LogP contribution in [0.2, 0.25) is 5.02 Å². The van der Waals surface area contributed by atoms with Crippen molar-refractivity contribution in [1.29, 1.82) is 0 Å². The highest BCUT2D eigenvalue weighted by atomic mass is 35.5. The first-order valence-electron chi connectivity index (χ1n) is 7.67. The Bertz CT molecular complexity index is 956. The second kappa shape index (κ2) is 6.90. The number of aryl methyl sites for hydroxylation is 1. The summed E-state index contributed by atoms with van der Waals surface area (Å²) < 4.78 is 54.5. The maximum absolute atomic E-state index is 14.1. The molecule has 1 aliphatic heterocycles. The van der Waals surface area contributed by atoms with Gasteiger partial charge in [0.2, 0.25) is 0 Å². The molecule has 5 nitrogen and oxygen atoms in total. The Hall–Kier alpha value is -2.09. The van der Waals surface area contributed by atoms with E-state index < -0.39 is 21.7 Å². The molecule has 1 atom stereocenters. The Kier molecular flexibility index (Phi) is 4.96. The number of benzene rings is 2. The fraction of sp³-hybridized carbons (Fsp3) is 0.222. The van der Waals surface area contributed by atoms with Crippen LogP contribution in [0.1, 0.15) is 18.1 Å². The van der Waals surface area contributed by atoms with E-state index in [0.29, 0.717) is 0 Å². The summed E-state index contributed by atoms with van der Waals surface area (Å²) in [5, 5.41) is 0.244. The van der Waals surface area contributed by atoms with Crippen molar-refractivity contribution in [1.82, 2.24) is 0 Å². The summed E-state index contributed by atoms with van der Waals surface area (Å²) in [6.45, 7) is 2.99. The van der Waals surface area contributed by atoms with Gasteiger partial charge in [-0.1, -0.05) is 29.3 Å². The molecule has 1 heterocycles. The lowest BCUT2D eigenvalue weighted by molar-refractivity contribution is -0.145. The van der Waals surface area contributed by atoms with E-state index >= 15 is 0 Å². The van der Waals surface area contributed by atoms with Crippen LogP contribution >= 0.6 is 11.6 Å². The molecule has 1 aliphatic rings. The van der Waals surface area contributed by atoms with Crippen LogP contribution in [0, 0.1) is 12.7 Å². The molecular weight excluding hydrogens is 383 g/mol.